The van der Waals surface area contributed by atoms with Crippen LogP contribution in [0.3, 0.4) is 0 Å². The van der Waals surface area contributed by atoms with E-state index in [-0.39, 0.29) is 0 Å². The first kappa shape index (κ1) is 9.59. The van der Waals surface area contributed by atoms with Crippen LogP contribution in [0.15, 0.2) is 24.4 Å². The molecule has 0 spiro atoms. The van der Waals surface area contributed by atoms with Crippen LogP contribution in [0.2, 0.25) is 0 Å². The van der Waals surface area contributed by atoms with E-state index in [4.69, 9.17) is 0 Å². The van der Waals surface area contributed by atoms with Crippen molar-refractivity contribution in [3.63, 3.8) is 0 Å². The molecule has 0 radical (unpaired) electrons. The smallest absolute Gasteiger partial charge is 0.0405 e. The molecule has 1 aromatic heterocycles. The van der Waals surface area contributed by atoms with Crippen molar-refractivity contribution in [2.75, 3.05) is 0 Å². The molecule has 0 bridgehead atoms. The fourth-order valence-electron chi connectivity index (χ4n) is 2.58. The topological polar surface area (TPSA) is 12.9 Å². The van der Waals surface area contributed by atoms with E-state index in [0.29, 0.717) is 0 Å². The Morgan fingerprint density at radius 1 is 1.00 bits per heavy atom. The number of benzene rings is 1. The molecular weight excluding hydrogens is 194 g/mol. The van der Waals surface area contributed by atoms with Crippen molar-refractivity contribution in [3.05, 3.63) is 52.3 Å². The highest BCUT2D eigenvalue weighted by atomic mass is 14.7. The molecule has 0 N–H and O–H groups in total. The van der Waals surface area contributed by atoms with Gasteiger partial charge in [-0.1, -0.05) is 18.2 Å². The fraction of sp³-hybridized carbons (Fsp3) is 0.267. The normalized spacial score (nSPS) is 12.4. The lowest BCUT2D eigenvalue weighted by Gasteiger charge is -2.05. The quantitative estimate of drug-likeness (QED) is 0.551. The standard InChI is InChI=1S/C15H15N/c1-9-5-4-6-12-13(9)7-14-10(2)11(3)16-8-15(12)14/h4-6,8H,7H2,1-3H3. The van der Waals surface area contributed by atoms with Gasteiger partial charge in [-0.2, -0.15) is 0 Å². The van der Waals surface area contributed by atoms with Crippen LogP contribution in [0.5, 0.6) is 0 Å². The highest BCUT2D eigenvalue weighted by molar-refractivity contribution is 5.78. The first-order valence-electron chi connectivity index (χ1n) is 5.72. The Morgan fingerprint density at radius 3 is 2.62 bits per heavy atom. The summed E-state index contributed by atoms with van der Waals surface area (Å²) in [5.74, 6) is 0. The molecule has 0 amide bonds. The van der Waals surface area contributed by atoms with Gasteiger partial charge in [0.2, 0.25) is 0 Å². The van der Waals surface area contributed by atoms with Gasteiger partial charge in [-0.15, -0.1) is 0 Å². The zero-order valence-corrected chi connectivity index (χ0v) is 9.96. The lowest BCUT2D eigenvalue weighted by Crippen LogP contribution is -1.93. The second-order valence-corrected chi connectivity index (χ2v) is 4.64. The van der Waals surface area contributed by atoms with Gasteiger partial charge < -0.3 is 0 Å². The van der Waals surface area contributed by atoms with Crippen molar-refractivity contribution in [1.82, 2.24) is 4.98 Å². The Morgan fingerprint density at radius 2 is 1.81 bits per heavy atom. The van der Waals surface area contributed by atoms with Crippen molar-refractivity contribution >= 4 is 0 Å². The number of rotatable bonds is 0. The van der Waals surface area contributed by atoms with Crippen LogP contribution in [-0.4, -0.2) is 4.98 Å². The van der Waals surface area contributed by atoms with Crippen LogP contribution < -0.4 is 0 Å². The van der Waals surface area contributed by atoms with Gasteiger partial charge in [-0.25, -0.2) is 0 Å². The molecule has 2 aromatic rings. The molecule has 16 heavy (non-hydrogen) atoms. The minimum atomic E-state index is 1.08. The van der Waals surface area contributed by atoms with E-state index in [2.05, 4.69) is 44.0 Å². The van der Waals surface area contributed by atoms with Gasteiger partial charge in [0.05, 0.1) is 0 Å². The molecule has 0 atom stereocenters. The van der Waals surface area contributed by atoms with Gasteiger partial charge in [-0.05, 0) is 55.0 Å². The Labute approximate surface area is 96.2 Å². The zero-order chi connectivity index (χ0) is 11.3. The molecule has 3 rings (SSSR count). The van der Waals surface area contributed by atoms with Gasteiger partial charge in [0.1, 0.15) is 0 Å². The van der Waals surface area contributed by atoms with Crippen molar-refractivity contribution in [3.8, 4) is 11.1 Å². The van der Waals surface area contributed by atoms with Gasteiger partial charge >= 0.3 is 0 Å². The summed E-state index contributed by atoms with van der Waals surface area (Å²) < 4.78 is 0. The second-order valence-electron chi connectivity index (χ2n) is 4.64. The Kier molecular flexibility index (Phi) is 1.90. The average Bonchev–Trinajstić information content (AvgIpc) is 2.65. The summed E-state index contributed by atoms with van der Waals surface area (Å²) in [6.45, 7) is 6.47. The number of fused-ring (bicyclic) bond motifs is 3. The van der Waals surface area contributed by atoms with E-state index < -0.39 is 0 Å². The van der Waals surface area contributed by atoms with Gasteiger partial charge in [-0.3, -0.25) is 4.98 Å². The average molecular weight is 209 g/mol. The van der Waals surface area contributed by atoms with Crippen LogP contribution >= 0.6 is 0 Å². The molecule has 1 heterocycles. The largest absolute Gasteiger partial charge is 0.261 e. The maximum absolute atomic E-state index is 4.48. The molecular formula is C15H15N. The molecule has 0 saturated heterocycles. The van der Waals surface area contributed by atoms with Crippen LogP contribution in [0, 0.1) is 20.8 Å². The van der Waals surface area contributed by atoms with E-state index in [0.717, 1.165) is 12.1 Å². The van der Waals surface area contributed by atoms with Gasteiger partial charge in [0, 0.05) is 17.5 Å². The summed E-state index contributed by atoms with van der Waals surface area (Å²) in [5.41, 5.74) is 9.57. The summed E-state index contributed by atoms with van der Waals surface area (Å²) >= 11 is 0. The zero-order valence-electron chi connectivity index (χ0n) is 9.96. The summed E-state index contributed by atoms with van der Waals surface area (Å²) in [4.78, 5) is 4.48. The summed E-state index contributed by atoms with van der Waals surface area (Å²) in [6.07, 6.45) is 3.11. The first-order chi connectivity index (χ1) is 7.68. The predicted molar refractivity (Wildman–Crippen MR) is 66.7 cm³/mol. The van der Waals surface area contributed by atoms with Gasteiger partial charge in [0.25, 0.3) is 0 Å². The first-order valence-corrected chi connectivity index (χ1v) is 5.72. The predicted octanol–water partition coefficient (Wildman–Crippen LogP) is 3.58. The molecule has 1 aliphatic carbocycles. The lowest BCUT2D eigenvalue weighted by molar-refractivity contribution is 1.10. The lowest BCUT2D eigenvalue weighted by atomic mass is 10.0. The van der Waals surface area contributed by atoms with E-state index in [1.165, 1.54) is 33.4 Å². The Bertz CT molecular complexity index is 582. The van der Waals surface area contributed by atoms with Crippen LogP contribution in [0.4, 0.5) is 0 Å². The maximum Gasteiger partial charge on any atom is 0.0405 e. The minimum Gasteiger partial charge on any atom is -0.261 e. The van der Waals surface area contributed by atoms with Crippen LogP contribution in [0.1, 0.15) is 27.9 Å². The van der Waals surface area contributed by atoms with Crippen LogP contribution in [-0.2, 0) is 6.42 Å². The number of pyridine rings is 1. The van der Waals surface area contributed by atoms with E-state index in [1.54, 1.807) is 0 Å². The van der Waals surface area contributed by atoms with E-state index in [1.807, 2.05) is 6.20 Å². The van der Waals surface area contributed by atoms with Crippen LogP contribution in [0.25, 0.3) is 11.1 Å². The molecule has 0 unspecified atom stereocenters. The highest BCUT2D eigenvalue weighted by Gasteiger charge is 2.22. The Balaban J connectivity index is 2.32. The van der Waals surface area contributed by atoms with Crippen molar-refractivity contribution in [2.24, 2.45) is 0 Å². The SMILES string of the molecule is Cc1cccc2c1Cc1c-2cnc(C)c1C. The molecule has 80 valence electrons. The monoisotopic (exact) mass is 209 g/mol. The molecule has 1 aromatic carbocycles. The number of aromatic nitrogens is 1. The molecule has 0 fully saturated rings. The highest BCUT2D eigenvalue weighted by Crippen LogP contribution is 2.39. The Hall–Kier alpha value is -1.63. The van der Waals surface area contributed by atoms with Gasteiger partial charge in [0.15, 0.2) is 0 Å². The van der Waals surface area contributed by atoms with Crippen molar-refractivity contribution < 1.29 is 0 Å². The number of nitrogens with zero attached hydrogens (tertiary/aromatic N) is 1. The summed E-state index contributed by atoms with van der Waals surface area (Å²) in [7, 11) is 0. The molecule has 1 aliphatic rings. The van der Waals surface area contributed by atoms with E-state index >= 15 is 0 Å². The third kappa shape index (κ3) is 1.15. The molecule has 1 nitrogen and oxygen atoms in total. The molecule has 0 saturated carbocycles. The number of aryl methyl sites for hydroxylation is 2. The molecule has 1 heteroatoms. The number of hydrogen-bond acceptors (Lipinski definition) is 1. The van der Waals surface area contributed by atoms with E-state index in [9.17, 15) is 0 Å². The van der Waals surface area contributed by atoms with Crippen molar-refractivity contribution in [2.45, 2.75) is 27.2 Å². The molecule has 0 aliphatic heterocycles. The minimum absolute atomic E-state index is 1.08. The fourth-order valence-corrected chi connectivity index (χ4v) is 2.58. The second kappa shape index (κ2) is 3.18. The van der Waals surface area contributed by atoms with Crippen molar-refractivity contribution in [1.29, 1.82) is 0 Å². The summed E-state index contributed by atoms with van der Waals surface area (Å²) in [5, 5.41) is 0. The third-order valence-electron chi connectivity index (χ3n) is 3.76. The maximum atomic E-state index is 4.48. The third-order valence-corrected chi connectivity index (χ3v) is 3.76. The number of hydrogen-bond donors (Lipinski definition) is 0. The summed E-state index contributed by atoms with van der Waals surface area (Å²) in [6, 6.07) is 6.55.